The molecule has 2 saturated heterocycles. The van der Waals surface area contributed by atoms with E-state index in [-0.39, 0.29) is 5.60 Å². The molecule has 0 radical (unpaired) electrons. The molecule has 4 rings (SSSR count). The van der Waals surface area contributed by atoms with Gasteiger partial charge in [0, 0.05) is 31.8 Å². The van der Waals surface area contributed by atoms with Crippen LogP contribution in [0.15, 0.2) is 12.1 Å². The van der Waals surface area contributed by atoms with Crippen LogP contribution in [0.4, 0.5) is 5.82 Å². The lowest BCUT2D eigenvalue weighted by atomic mass is 9.93. The average Bonchev–Trinajstić information content (AvgIpc) is 3.07. The van der Waals surface area contributed by atoms with Crippen LogP contribution in [-0.2, 0) is 4.74 Å². The van der Waals surface area contributed by atoms with Crippen molar-refractivity contribution in [2.24, 2.45) is 11.8 Å². The Morgan fingerprint density at radius 1 is 1.21 bits per heavy atom. The van der Waals surface area contributed by atoms with Crippen molar-refractivity contribution in [3.8, 4) is 0 Å². The summed E-state index contributed by atoms with van der Waals surface area (Å²) in [6, 6.07) is 4.93. The van der Waals surface area contributed by atoms with E-state index in [0.717, 1.165) is 30.7 Å². The van der Waals surface area contributed by atoms with Gasteiger partial charge in [0.15, 0.2) is 5.15 Å². The molecule has 3 heterocycles. The Labute approximate surface area is 149 Å². The summed E-state index contributed by atoms with van der Waals surface area (Å²) < 4.78 is 5.88. The van der Waals surface area contributed by atoms with Gasteiger partial charge in [-0.05, 0) is 63.5 Å². The highest BCUT2D eigenvalue weighted by Gasteiger charge is 2.44. The molecule has 132 valence electrons. The fourth-order valence-corrected chi connectivity index (χ4v) is 4.97. The molecule has 24 heavy (non-hydrogen) atoms. The van der Waals surface area contributed by atoms with Gasteiger partial charge in [-0.3, -0.25) is 4.90 Å². The normalized spacial score (nSPS) is 35.8. The van der Waals surface area contributed by atoms with Crippen molar-refractivity contribution in [3.63, 3.8) is 0 Å². The second-order valence-electron chi connectivity index (χ2n) is 8.28. The Bertz CT molecular complexity index is 565. The largest absolute Gasteiger partial charge is 0.375 e. The fourth-order valence-electron chi connectivity index (χ4n) is 4.87. The van der Waals surface area contributed by atoms with Crippen molar-refractivity contribution in [1.82, 2.24) is 15.1 Å². The maximum absolute atomic E-state index is 5.88. The van der Waals surface area contributed by atoms with Gasteiger partial charge in [0.1, 0.15) is 5.82 Å². The standard InChI is InChI=1S/C18H27ClN4O/c1-18(2)9-15(5-6-24-18)23-10-12-7-14(8-13(12)11-23)20-17-4-3-16(19)21-22-17/h3-4,12-15H,5-11H2,1-2H3,(H,20,22)/t12-,13+,14+,15?. The van der Waals surface area contributed by atoms with E-state index in [0.29, 0.717) is 17.2 Å². The molecule has 3 fully saturated rings. The molecular weight excluding hydrogens is 324 g/mol. The molecule has 1 aromatic rings. The summed E-state index contributed by atoms with van der Waals surface area (Å²) in [7, 11) is 0. The molecule has 6 heteroatoms. The zero-order chi connectivity index (χ0) is 16.7. The SMILES string of the molecule is CC1(C)CC(N2C[C@H]3C[C@H](Nc4ccc(Cl)nn4)C[C@H]3C2)CCO1. The van der Waals surface area contributed by atoms with Crippen molar-refractivity contribution in [3.05, 3.63) is 17.3 Å². The highest BCUT2D eigenvalue weighted by atomic mass is 35.5. The Hall–Kier alpha value is -0.910. The van der Waals surface area contributed by atoms with Gasteiger partial charge in [-0.25, -0.2) is 0 Å². The van der Waals surface area contributed by atoms with Crippen LogP contribution in [0.5, 0.6) is 0 Å². The number of likely N-dealkylation sites (tertiary alicyclic amines) is 1. The first-order valence-corrected chi connectivity index (χ1v) is 9.50. The monoisotopic (exact) mass is 350 g/mol. The van der Waals surface area contributed by atoms with Crippen LogP contribution in [0.2, 0.25) is 5.15 Å². The predicted molar refractivity (Wildman–Crippen MR) is 95.3 cm³/mol. The summed E-state index contributed by atoms with van der Waals surface area (Å²) >= 11 is 5.80. The van der Waals surface area contributed by atoms with E-state index in [4.69, 9.17) is 16.3 Å². The minimum atomic E-state index is 0.0396. The number of hydrogen-bond acceptors (Lipinski definition) is 5. The molecular formula is C18H27ClN4O. The molecule has 1 aromatic heterocycles. The molecule has 0 amide bonds. The van der Waals surface area contributed by atoms with E-state index in [9.17, 15) is 0 Å². The summed E-state index contributed by atoms with van der Waals surface area (Å²) in [5.74, 6) is 2.47. The van der Waals surface area contributed by atoms with Crippen LogP contribution >= 0.6 is 11.6 Å². The molecule has 0 aromatic carbocycles. The zero-order valence-corrected chi connectivity index (χ0v) is 15.3. The highest BCUT2D eigenvalue weighted by molar-refractivity contribution is 6.29. The molecule has 0 bridgehead atoms. The van der Waals surface area contributed by atoms with Gasteiger partial charge < -0.3 is 10.1 Å². The Morgan fingerprint density at radius 2 is 1.96 bits per heavy atom. The first kappa shape index (κ1) is 16.6. The van der Waals surface area contributed by atoms with Gasteiger partial charge in [-0.15, -0.1) is 10.2 Å². The Morgan fingerprint density at radius 3 is 2.58 bits per heavy atom. The fraction of sp³-hybridized carbons (Fsp3) is 0.778. The molecule has 5 nitrogen and oxygen atoms in total. The van der Waals surface area contributed by atoms with E-state index >= 15 is 0 Å². The number of ether oxygens (including phenoxy) is 1. The molecule has 4 atom stereocenters. The van der Waals surface area contributed by atoms with Crippen molar-refractivity contribution in [1.29, 1.82) is 0 Å². The molecule has 3 aliphatic rings. The van der Waals surface area contributed by atoms with Crippen LogP contribution in [0, 0.1) is 11.8 Å². The first-order valence-electron chi connectivity index (χ1n) is 9.12. The molecule has 1 N–H and O–H groups in total. The zero-order valence-electron chi connectivity index (χ0n) is 14.5. The summed E-state index contributed by atoms with van der Waals surface area (Å²) in [5, 5.41) is 12.0. The van der Waals surface area contributed by atoms with E-state index in [1.165, 1.54) is 32.4 Å². The Balaban J connectivity index is 1.31. The maximum atomic E-state index is 5.88. The van der Waals surface area contributed by atoms with E-state index in [1.54, 1.807) is 6.07 Å². The maximum Gasteiger partial charge on any atom is 0.151 e. The van der Waals surface area contributed by atoms with Gasteiger partial charge >= 0.3 is 0 Å². The lowest BCUT2D eigenvalue weighted by molar-refractivity contribution is -0.0811. The molecule has 0 spiro atoms. The number of anilines is 1. The van der Waals surface area contributed by atoms with Crippen LogP contribution in [0.1, 0.15) is 39.5 Å². The smallest absolute Gasteiger partial charge is 0.151 e. The summed E-state index contributed by atoms with van der Waals surface area (Å²) in [6.07, 6.45) is 4.82. The number of nitrogens with one attached hydrogen (secondary N) is 1. The topological polar surface area (TPSA) is 50.3 Å². The van der Waals surface area contributed by atoms with Crippen LogP contribution < -0.4 is 5.32 Å². The van der Waals surface area contributed by atoms with E-state index < -0.39 is 0 Å². The highest BCUT2D eigenvalue weighted by Crippen LogP contribution is 2.41. The number of nitrogens with zero attached hydrogens (tertiary/aromatic N) is 3. The third kappa shape index (κ3) is 3.53. The molecule has 1 aliphatic carbocycles. The third-order valence-corrected chi connectivity index (χ3v) is 6.15. The summed E-state index contributed by atoms with van der Waals surface area (Å²) in [6.45, 7) is 7.85. The van der Waals surface area contributed by atoms with Crippen LogP contribution in [0.3, 0.4) is 0 Å². The van der Waals surface area contributed by atoms with Crippen LogP contribution in [0.25, 0.3) is 0 Å². The second-order valence-corrected chi connectivity index (χ2v) is 8.67. The first-order chi connectivity index (χ1) is 11.5. The van der Waals surface area contributed by atoms with Gasteiger partial charge in [0.25, 0.3) is 0 Å². The Kier molecular flexibility index (Phi) is 4.43. The van der Waals surface area contributed by atoms with Crippen molar-refractivity contribution in [2.75, 3.05) is 25.0 Å². The van der Waals surface area contributed by atoms with Crippen molar-refractivity contribution >= 4 is 17.4 Å². The summed E-state index contributed by atoms with van der Waals surface area (Å²) in [5.41, 5.74) is 0.0396. The average molecular weight is 351 g/mol. The number of aromatic nitrogens is 2. The van der Waals surface area contributed by atoms with Gasteiger partial charge in [-0.1, -0.05) is 11.6 Å². The van der Waals surface area contributed by atoms with Gasteiger partial charge in [0.05, 0.1) is 5.60 Å². The summed E-state index contributed by atoms with van der Waals surface area (Å²) in [4.78, 5) is 2.73. The quantitative estimate of drug-likeness (QED) is 0.907. The lowest BCUT2D eigenvalue weighted by Gasteiger charge is -2.40. The minimum Gasteiger partial charge on any atom is -0.375 e. The van der Waals surface area contributed by atoms with Crippen molar-refractivity contribution in [2.45, 2.75) is 57.2 Å². The number of halogens is 1. The predicted octanol–water partition coefficient (Wildman–Crippen LogP) is 3.21. The second kappa shape index (κ2) is 6.43. The molecule has 2 aliphatic heterocycles. The van der Waals surface area contributed by atoms with Gasteiger partial charge in [-0.2, -0.15) is 0 Å². The number of fused-ring (bicyclic) bond motifs is 1. The van der Waals surface area contributed by atoms with E-state index in [1.807, 2.05) is 6.07 Å². The van der Waals surface area contributed by atoms with Crippen LogP contribution in [-0.4, -0.2) is 52.5 Å². The lowest BCUT2D eigenvalue weighted by Crippen LogP contribution is -2.45. The van der Waals surface area contributed by atoms with Gasteiger partial charge in [0.2, 0.25) is 0 Å². The van der Waals surface area contributed by atoms with Crippen molar-refractivity contribution < 1.29 is 4.74 Å². The molecule has 1 saturated carbocycles. The number of rotatable bonds is 3. The number of hydrogen-bond donors (Lipinski definition) is 1. The third-order valence-electron chi connectivity index (χ3n) is 5.95. The minimum absolute atomic E-state index is 0.0396. The van der Waals surface area contributed by atoms with E-state index in [2.05, 4.69) is 34.3 Å². The molecule has 1 unspecified atom stereocenters.